The van der Waals surface area contributed by atoms with Crippen LogP contribution in [0.5, 0.6) is 5.75 Å². The second-order valence-electron chi connectivity index (χ2n) is 4.77. The van der Waals surface area contributed by atoms with Gasteiger partial charge < -0.3 is 14.3 Å². The van der Waals surface area contributed by atoms with E-state index in [0.29, 0.717) is 12.4 Å². The Morgan fingerprint density at radius 3 is 2.83 bits per heavy atom. The highest BCUT2D eigenvalue weighted by Gasteiger charge is 2.15. The van der Waals surface area contributed by atoms with Crippen LogP contribution in [0.15, 0.2) is 35.7 Å². The molecule has 0 aliphatic rings. The first kappa shape index (κ1) is 18.4. The summed E-state index contributed by atoms with van der Waals surface area (Å²) in [5, 5.41) is 16.9. The molecule has 0 aliphatic heterocycles. The molecule has 0 saturated heterocycles. The number of hydrogen-bond acceptors (Lipinski definition) is 6. The van der Waals surface area contributed by atoms with Crippen LogP contribution in [0.1, 0.15) is 11.4 Å². The highest BCUT2D eigenvalue weighted by molar-refractivity contribution is 5.85. The monoisotopic (exact) mass is 339 g/mol. The van der Waals surface area contributed by atoms with Crippen molar-refractivity contribution in [3.63, 3.8) is 0 Å². The van der Waals surface area contributed by atoms with Crippen LogP contribution < -0.4 is 4.74 Å². The number of rotatable bonds is 6. The van der Waals surface area contributed by atoms with Gasteiger partial charge in [0.2, 0.25) is 0 Å². The molecule has 2 rings (SSSR count). The molecule has 0 atom stereocenters. The number of methoxy groups -OCH3 is 1. The Labute approximate surface area is 139 Å². The predicted octanol–water partition coefficient (Wildman–Crippen LogP) is 2.17. The van der Waals surface area contributed by atoms with Crippen molar-refractivity contribution >= 4 is 24.3 Å². The standard InChI is InChI=1S/C14H17N5O3.ClH/c1-17(2)16-9-14-15-6-7-18(14)10-11-4-5-13(22-3)12(8-11)19(20)21;/h4-9H,10H2,1-3H3;1H/b16-9+;. The number of ether oxygens (including phenoxy) is 1. The molecule has 23 heavy (non-hydrogen) atoms. The molecule has 0 fully saturated rings. The first-order valence-corrected chi connectivity index (χ1v) is 6.55. The quantitative estimate of drug-likeness (QED) is 0.457. The molecular weight excluding hydrogens is 322 g/mol. The molecule has 1 heterocycles. The second kappa shape index (κ2) is 8.14. The zero-order chi connectivity index (χ0) is 16.1. The Bertz CT molecular complexity index is 699. The van der Waals surface area contributed by atoms with E-state index in [1.807, 2.05) is 18.7 Å². The van der Waals surface area contributed by atoms with Crippen molar-refractivity contribution in [3.05, 3.63) is 52.1 Å². The number of benzene rings is 1. The van der Waals surface area contributed by atoms with Gasteiger partial charge in [-0.1, -0.05) is 6.07 Å². The molecule has 0 spiro atoms. The van der Waals surface area contributed by atoms with Crippen LogP contribution in [0.3, 0.4) is 0 Å². The molecule has 0 radical (unpaired) electrons. The summed E-state index contributed by atoms with van der Waals surface area (Å²) in [6.45, 7) is 0.458. The highest BCUT2D eigenvalue weighted by Crippen LogP contribution is 2.27. The van der Waals surface area contributed by atoms with E-state index in [9.17, 15) is 10.1 Å². The minimum atomic E-state index is -0.454. The van der Waals surface area contributed by atoms with E-state index in [4.69, 9.17) is 4.74 Å². The van der Waals surface area contributed by atoms with Crippen molar-refractivity contribution in [1.29, 1.82) is 0 Å². The van der Waals surface area contributed by atoms with Gasteiger partial charge in [-0.05, 0) is 11.6 Å². The normalized spacial score (nSPS) is 10.4. The average Bonchev–Trinajstić information content (AvgIpc) is 2.92. The Balaban J connectivity index is 0.00000264. The first-order chi connectivity index (χ1) is 10.5. The van der Waals surface area contributed by atoms with Crippen molar-refractivity contribution < 1.29 is 9.66 Å². The van der Waals surface area contributed by atoms with Crippen molar-refractivity contribution in [2.24, 2.45) is 5.10 Å². The topological polar surface area (TPSA) is 85.8 Å². The van der Waals surface area contributed by atoms with Crippen LogP contribution in [0.25, 0.3) is 0 Å². The highest BCUT2D eigenvalue weighted by atomic mass is 35.5. The molecule has 0 aliphatic carbocycles. The molecule has 9 heteroatoms. The van der Waals surface area contributed by atoms with Gasteiger partial charge in [-0.25, -0.2) is 4.98 Å². The number of aromatic nitrogens is 2. The number of nitrogens with zero attached hydrogens (tertiary/aromatic N) is 5. The number of nitro benzene ring substituents is 1. The summed E-state index contributed by atoms with van der Waals surface area (Å²) in [7, 11) is 5.04. The molecule has 0 N–H and O–H groups in total. The average molecular weight is 340 g/mol. The summed E-state index contributed by atoms with van der Waals surface area (Å²) in [5.41, 5.74) is 0.730. The van der Waals surface area contributed by atoms with Crippen LogP contribution in [-0.2, 0) is 6.54 Å². The number of hydrazone groups is 1. The van der Waals surface area contributed by atoms with Crippen LogP contribution in [0.2, 0.25) is 0 Å². The van der Waals surface area contributed by atoms with Crippen LogP contribution >= 0.6 is 12.4 Å². The van der Waals surface area contributed by atoms with Gasteiger partial charge in [0.05, 0.1) is 18.2 Å². The van der Waals surface area contributed by atoms with Gasteiger partial charge in [-0.2, -0.15) is 5.10 Å². The Morgan fingerprint density at radius 2 is 2.22 bits per heavy atom. The Morgan fingerprint density at radius 1 is 1.48 bits per heavy atom. The van der Waals surface area contributed by atoms with Crippen molar-refractivity contribution in [3.8, 4) is 5.75 Å². The van der Waals surface area contributed by atoms with Gasteiger partial charge in [-0.15, -0.1) is 12.4 Å². The molecule has 0 unspecified atom stereocenters. The minimum Gasteiger partial charge on any atom is -0.490 e. The summed E-state index contributed by atoms with van der Waals surface area (Å²) in [6, 6.07) is 4.89. The Hall–Kier alpha value is -2.61. The summed E-state index contributed by atoms with van der Waals surface area (Å²) in [4.78, 5) is 14.8. The molecule has 0 amide bonds. The van der Waals surface area contributed by atoms with Crippen molar-refractivity contribution in [2.45, 2.75) is 6.54 Å². The third kappa shape index (κ3) is 4.68. The van der Waals surface area contributed by atoms with Gasteiger partial charge in [0.1, 0.15) is 0 Å². The third-order valence-electron chi connectivity index (χ3n) is 2.94. The fraction of sp³-hybridized carbons (Fsp3) is 0.286. The molecule has 8 nitrogen and oxygen atoms in total. The van der Waals surface area contributed by atoms with Gasteiger partial charge in [-0.3, -0.25) is 10.1 Å². The SMILES string of the molecule is COc1ccc(Cn2ccnc2/C=N/N(C)C)cc1[N+](=O)[O-].Cl. The van der Waals surface area contributed by atoms with E-state index < -0.39 is 4.92 Å². The zero-order valence-corrected chi connectivity index (χ0v) is 13.9. The largest absolute Gasteiger partial charge is 0.490 e. The molecule has 124 valence electrons. The van der Waals surface area contributed by atoms with E-state index in [1.165, 1.54) is 13.2 Å². The lowest BCUT2D eigenvalue weighted by atomic mass is 10.2. The molecule has 0 saturated carbocycles. The van der Waals surface area contributed by atoms with Gasteiger partial charge in [0.25, 0.3) is 0 Å². The zero-order valence-electron chi connectivity index (χ0n) is 13.0. The molecule has 1 aromatic carbocycles. The molecular formula is C14H18ClN5O3. The minimum absolute atomic E-state index is 0. The number of imidazole rings is 1. The van der Waals surface area contributed by atoms with Gasteiger partial charge in [0, 0.05) is 39.1 Å². The number of halogens is 1. The molecule has 0 bridgehead atoms. The number of nitro groups is 1. The smallest absolute Gasteiger partial charge is 0.311 e. The lowest BCUT2D eigenvalue weighted by Crippen LogP contribution is -2.07. The first-order valence-electron chi connectivity index (χ1n) is 6.55. The Kier molecular flexibility index (Phi) is 6.52. The number of hydrogen-bond donors (Lipinski definition) is 0. The van der Waals surface area contributed by atoms with Gasteiger partial charge >= 0.3 is 5.69 Å². The summed E-state index contributed by atoms with van der Waals surface area (Å²) < 4.78 is 6.86. The molecule has 1 aromatic heterocycles. The molecule has 2 aromatic rings. The lowest BCUT2D eigenvalue weighted by molar-refractivity contribution is -0.385. The predicted molar refractivity (Wildman–Crippen MR) is 89.5 cm³/mol. The fourth-order valence-corrected chi connectivity index (χ4v) is 1.92. The maximum Gasteiger partial charge on any atom is 0.311 e. The summed E-state index contributed by atoms with van der Waals surface area (Å²) >= 11 is 0. The van der Waals surface area contributed by atoms with Crippen molar-refractivity contribution in [2.75, 3.05) is 21.2 Å². The second-order valence-corrected chi connectivity index (χ2v) is 4.77. The van der Waals surface area contributed by atoms with Crippen LogP contribution in [-0.4, -0.2) is 46.9 Å². The van der Waals surface area contributed by atoms with E-state index >= 15 is 0 Å². The van der Waals surface area contributed by atoms with Crippen LogP contribution in [0, 0.1) is 10.1 Å². The summed E-state index contributed by atoms with van der Waals surface area (Å²) in [6.07, 6.45) is 5.10. The van der Waals surface area contributed by atoms with E-state index in [1.54, 1.807) is 35.7 Å². The summed E-state index contributed by atoms with van der Waals surface area (Å²) in [5.74, 6) is 0.918. The van der Waals surface area contributed by atoms with E-state index in [0.717, 1.165) is 5.56 Å². The fourth-order valence-electron chi connectivity index (χ4n) is 1.92. The van der Waals surface area contributed by atoms with Crippen molar-refractivity contribution in [1.82, 2.24) is 14.6 Å². The van der Waals surface area contributed by atoms with Crippen LogP contribution in [0.4, 0.5) is 5.69 Å². The van der Waals surface area contributed by atoms with E-state index in [2.05, 4.69) is 10.1 Å². The third-order valence-corrected chi connectivity index (χ3v) is 2.94. The van der Waals surface area contributed by atoms with E-state index in [-0.39, 0.29) is 23.8 Å². The lowest BCUT2D eigenvalue weighted by Gasteiger charge is -2.08. The van der Waals surface area contributed by atoms with Gasteiger partial charge in [0.15, 0.2) is 11.6 Å². The maximum atomic E-state index is 11.1. The maximum absolute atomic E-state index is 11.1.